The molecule has 3 aromatic rings. The highest BCUT2D eigenvalue weighted by Gasteiger charge is 2.16. The summed E-state index contributed by atoms with van der Waals surface area (Å²) in [5.74, 6) is -1.25. The van der Waals surface area contributed by atoms with Gasteiger partial charge in [0.05, 0.1) is 11.8 Å². The van der Waals surface area contributed by atoms with E-state index >= 15 is 0 Å². The second-order valence-electron chi connectivity index (χ2n) is 4.45. The van der Waals surface area contributed by atoms with Crippen LogP contribution in [0.4, 0.5) is 0 Å². The Hall–Kier alpha value is -2.82. The summed E-state index contributed by atoms with van der Waals surface area (Å²) in [4.78, 5) is 23.2. The molecular weight excluding hydrogens is 260 g/mol. The van der Waals surface area contributed by atoms with Gasteiger partial charge in [-0.2, -0.15) is 0 Å². The van der Waals surface area contributed by atoms with E-state index in [1.165, 1.54) is 12.1 Å². The number of hydrogen-bond acceptors (Lipinski definition) is 4. The largest absolute Gasteiger partial charge is 0.507 e. The van der Waals surface area contributed by atoms with Crippen LogP contribution in [0.2, 0.25) is 0 Å². The minimum Gasteiger partial charge on any atom is -0.507 e. The zero-order valence-electron chi connectivity index (χ0n) is 10.3. The van der Waals surface area contributed by atoms with E-state index in [0.717, 1.165) is 0 Å². The molecule has 0 amide bonds. The first kappa shape index (κ1) is 12.2. The minimum absolute atomic E-state index is 0.0162. The highest BCUT2D eigenvalue weighted by molar-refractivity contribution is 5.95. The number of fused-ring (bicyclic) bond motifs is 2. The van der Waals surface area contributed by atoms with Gasteiger partial charge < -0.3 is 14.6 Å². The van der Waals surface area contributed by atoms with E-state index in [1.807, 2.05) is 0 Å². The summed E-state index contributed by atoms with van der Waals surface area (Å²) in [6, 6.07) is 9.41. The van der Waals surface area contributed by atoms with Crippen LogP contribution in [-0.4, -0.2) is 16.2 Å². The van der Waals surface area contributed by atoms with Crippen LogP contribution in [-0.2, 0) is 11.2 Å². The molecule has 2 aromatic carbocycles. The average Bonchev–Trinajstić information content (AvgIpc) is 2.42. The van der Waals surface area contributed by atoms with Crippen molar-refractivity contribution in [3.63, 3.8) is 0 Å². The Labute approximate surface area is 112 Å². The van der Waals surface area contributed by atoms with E-state index < -0.39 is 5.97 Å². The predicted octanol–water partition coefficient (Wildman–Crippen LogP) is 2.28. The minimum atomic E-state index is -1.03. The number of carbonyl (C=O) groups is 1. The zero-order chi connectivity index (χ0) is 14.3. The molecule has 0 spiro atoms. The van der Waals surface area contributed by atoms with Crippen LogP contribution in [0.25, 0.3) is 21.9 Å². The molecule has 0 aliphatic heterocycles. The van der Waals surface area contributed by atoms with Gasteiger partial charge in [0.2, 0.25) is 5.43 Å². The summed E-state index contributed by atoms with van der Waals surface area (Å²) in [6.07, 6.45) is -0.280. The van der Waals surface area contributed by atoms with E-state index in [0.29, 0.717) is 16.5 Å². The lowest BCUT2D eigenvalue weighted by Crippen LogP contribution is -2.06. The van der Waals surface area contributed by atoms with Gasteiger partial charge in [0.1, 0.15) is 22.3 Å². The van der Waals surface area contributed by atoms with Crippen LogP contribution in [0.15, 0.2) is 45.6 Å². The molecule has 0 unspecified atom stereocenters. The molecule has 5 nitrogen and oxygen atoms in total. The molecule has 0 radical (unpaired) electrons. The third-order valence-electron chi connectivity index (χ3n) is 3.13. The molecule has 0 atom stereocenters. The summed E-state index contributed by atoms with van der Waals surface area (Å²) in [6.45, 7) is 0. The van der Waals surface area contributed by atoms with Crippen molar-refractivity contribution in [1.29, 1.82) is 0 Å². The molecule has 2 N–H and O–H groups in total. The number of phenols is 1. The Morgan fingerprint density at radius 1 is 1.15 bits per heavy atom. The van der Waals surface area contributed by atoms with E-state index in [-0.39, 0.29) is 28.6 Å². The number of hydrogen-bond donors (Lipinski definition) is 2. The average molecular weight is 270 g/mol. The Kier molecular flexibility index (Phi) is 2.68. The Balaban J connectivity index is 2.49. The van der Waals surface area contributed by atoms with Crippen molar-refractivity contribution in [1.82, 2.24) is 0 Å². The van der Waals surface area contributed by atoms with E-state index in [9.17, 15) is 14.7 Å². The summed E-state index contributed by atoms with van der Waals surface area (Å²) in [7, 11) is 0. The Morgan fingerprint density at radius 3 is 2.65 bits per heavy atom. The fourth-order valence-corrected chi connectivity index (χ4v) is 2.24. The zero-order valence-corrected chi connectivity index (χ0v) is 10.3. The van der Waals surface area contributed by atoms with Crippen LogP contribution in [0.5, 0.6) is 5.75 Å². The first-order valence-corrected chi connectivity index (χ1v) is 5.96. The van der Waals surface area contributed by atoms with Crippen molar-refractivity contribution in [2.75, 3.05) is 0 Å². The lowest BCUT2D eigenvalue weighted by atomic mass is 10.1. The maximum absolute atomic E-state index is 12.4. The number of aliphatic carboxylic acids is 1. The molecule has 0 saturated carbocycles. The molecule has 1 heterocycles. The summed E-state index contributed by atoms with van der Waals surface area (Å²) in [5, 5.41) is 19.1. The van der Waals surface area contributed by atoms with Crippen molar-refractivity contribution in [3.05, 3.63) is 52.2 Å². The molecule has 3 rings (SSSR count). The first-order valence-electron chi connectivity index (χ1n) is 5.96. The number of benzene rings is 2. The second kappa shape index (κ2) is 4.38. The molecule has 100 valence electrons. The van der Waals surface area contributed by atoms with Gasteiger partial charge in [-0.05, 0) is 18.2 Å². The van der Waals surface area contributed by atoms with Gasteiger partial charge in [-0.1, -0.05) is 18.2 Å². The van der Waals surface area contributed by atoms with E-state index in [2.05, 4.69) is 0 Å². The van der Waals surface area contributed by atoms with Crippen LogP contribution >= 0.6 is 0 Å². The fourth-order valence-electron chi connectivity index (χ4n) is 2.24. The predicted molar refractivity (Wildman–Crippen MR) is 73.0 cm³/mol. The molecule has 0 aliphatic rings. The van der Waals surface area contributed by atoms with Gasteiger partial charge in [-0.15, -0.1) is 0 Å². The number of para-hydroxylation sites is 1. The van der Waals surface area contributed by atoms with Gasteiger partial charge in [0, 0.05) is 5.56 Å². The lowest BCUT2D eigenvalue weighted by molar-refractivity contribution is -0.136. The normalized spacial score (nSPS) is 11.0. The molecular formula is C15H10O5. The Morgan fingerprint density at radius 2 is 1.90 bits per heavy atom. The maximum Gasteiger partial charge on any atom is 0.307 e. The van der Waals surface area contributed by atoms with Crippen molar-refractivity contribution in [2.24, 2.45) is 0 Å². The smallest absolute Gasteiger partial charge is 0.307 e. The summed E-state index contributed by atoms with van der Waals surface area (Å²) in [5.41, 5.74) is 0.470. The topological polar surface area (TPSA) is 87.7 Å². The number of carboxylic acid groups (broad SMARTS) is 1. The van der Waals surface area contributed by atoms with Gasteiger partial charge >= 0.3 is 5.97 Å². The van der Waals surface area contributed by atoms with Crippen molar-refractivity contribution >= 4 is 27.9 Å². The van der Waals surface area contributed by atoms with Crippen LogP contribution in [0.3, 0.4) is 0 Å². The lowest BCUT2D eigenvalue weighted by Gasteiger charge is -2.06. The molecule has 0 bridgehead atoms. The maximum atomic E-state index is 12.4. The molecule has 0 aliphatic carbocycles. The van der Waals surface area contributed by atoms with Gasteiger partial charge in [0.15, 0.2) is 0 Å². The number of aromatic hydroxyl groups is 1. The quantitative estimate of drug-likeness (QED) is 0.697. The molecule has 1 aromatic heterocycles. The highest BCUT2D eigenvalue weighted by Crippen LogP contribution is 2.28. The summed E-state index contributed by atoms with van der Waals surface area (Å²) >= 11 is 0. The van der Waals surface area contributed by atoms with Crippen molar-refractivity contribution < 1.29 is 19.4 Å². The van der Waals surface area contributed by atoms with Crippen LogP contribution < -0.4 is 5.43 Å². The Bertz CT molecular complexity index is 892. The molecule has 0 saturated heterocycles. The third kappa shape index (κ3) is 1.80. The van der Waals surface area contributed by atoms with Crippen molar-refractivity contribution in [3.8, 4) is 5.75 Å². The summed E-state index contributed by atoms with van der Waals surface area (Å²) < 4.78 is 5.62. The monoisotopic (exact) mass is 270 g/mol. The number of carboxylic acids is 1. The second-order valence-corrected chi connectivity index (χ2v) is 4.45. The third-order valence-corrected chi connectivity index (χ3v) is 3.13. The van der Waals surface area contributed by atoms with Crippen LogP contribution in [0, 0.1) is 0 Å². The standard InChI is InChI=1S/C15H10O5/c16-10-6-5-8(7-12(17)18)15-13(10)14(19)9-3-1-2-4-11(9)20-15/h1-6,16H,7H2,(H,17,18). The van der Waals surface area contributed by atoms with Crippen LogP contribution in [0.1, 0.15) is 5.56 Å². The molecule has 0 fully saturated rings. The fraction of sp³-hybridized carbons (Fsp3) is 0.0667. The SMILES string of the molecule is O=C(O)Cc1ccc(O)c2c(=O)c3ccccc3oc12. The first-order chi connectivity index (χ1) is 9.58. The van der Waals surface area contributed by atoms with Crippen molar-refractivity contribution in [2.45, 2.75) is 6.42 Å². The molecule has 20 heavy (non-hydrogen) atoms. The number of phenolic OH excluding ortho intramolecular Hbond substituents is 1. The highest BCUT2D eigenvalue weighted by atomic mass is 16.4. The number of rotatable bonds is 2. The van der Waals surface area contributed by atoms with Gasteiger partial charge in [0.25, 0.3) is 0 Å². The molecule has 5 heteroatoms. The van der Waals surface area contributed by atoms with E-state index in [4.69, 9.17) is 9.52 Å². The van der Waals surface area contributed by atoms with Gasteiger partial charge in [-0.25, -0.2) is 0 Å². The van der Waals surface area contributed by atoms with E-state index in [1.54, 1.807) is 24.3 Å². The van der Waals surface area contributed by atoms with Gasteiger partial charge in [-0.3, -0.25) is 9.59 Å².